The predicted octanol–water partition coefficient (Wildman–Crippen LogP) is 1.97. The third-order valence-electron chi connectivity index (χ3n) is 2.93. The molecule has 1 aromatic rings. The van der Waals surface area contributed by atoms with Gasteiger partial charge < -0.3 is 4.74 Å². The highest BCUT2D eigenvalue weighted by Crippen LogP contribution is 2.22. The van der Waals surface area contributed by atoms with Gasteiger partial charge in [-0.15, -0.1) is 10.2 Å². The maximum absolute atomic E-state index is 11.7. The van der Waals surface area contributed by atoms with Crippen LogP contribution >= 0.6 is 22.9 Å². The minimum absolute atomic E-state index is 0.0120. The number of aromatic nitrogens is 2. The molecule has 0 amide bonds. The maximum Gasteiger partial charge on any atom is 0.310 e. The Balaban J connectivity index is 1.88. The number of ether oxygens (including phenoxy) is 1. The van der Waals surface area contributed by atoms with E-state index in [1.165, 1.54) is 11.3 Å². The summed E-state index contributed by atoms with van der Waals surface area (Å²) in [4.78, 5) is 13.9. The van der Waals surface area contributed by atoms with Crippen LogP contribution in [-0.2, 0) is 16.1 Å². The number of hydrogen-bond acceptors (Lipinski definition) is 6. The van der Waals surface area contributed by atoms with E-state index in [2.05, 4.69) is 15.1 Å². The molecular formula is C11H16ClN3O2S. The van der Waals surface area contributed by atoms with E-state index >= 15 is 0 Å². The second-order valence-corrected chi connectivity index (χ2v) is 5.92. The molecule has 7 heteroatoms. The van der Waals surface area contributed by atoms with Crippen molar-refractivity contribution < 1.29 is 9.53 Å². The first-order valence-corrected chi connectivity index (χ1v) is 7.25. The smallest absolute Gasteiger partial charge is 0.310 e. The largest absolute Gasteiger partial charge is 0.466 e. The Hall–Kier alpha value is -0.720. The molecule has 100 valence electrons. The van der Waals surface area contributed by atoms with Crippen LogP contribution in [0, 0.1) is 5.92 Å². The molecule has 1 fully saturated rings. The van der Waals surface area contributed by atoms with Gasteiger partial charge in [-0.2, -0.15) is 0 Å². The lowest BCUT2D eigenvalue weighted by Crippen LogP contribution is -2.38. The zero-order valence-corrected chi connectivity index (χ0v) is 11.8. The molecule has 0 aromatic carbocycles. The van der Waals surface area contributed by atoms with Gasteiger partial charge in [-0.1, -0.05) is 11.3 Å². The van der Waals surface area contributed by atoms with Crippen LogP contribution < -0.4 is 0 Å². The molecular weight excluding hydrogens is 274 g/mol. The number of hydrogen-bond donors (Lipinski definition) is 0. The van der Waals surface area contributed by atoms with Crippen molar-refractivity contribution >= 4 is 28.9 Å². The number of nitrogens with zero attached hydrogens (tertiary/aromatic N) is 3. The van der Waals surface area contributed by atoms with Gasteiger partial charge in [-0.05, 0) is 37.9 Å². The van der Waals surface area contributed by atoms with E-state index in [9.17, 15) is 4.79 Å². The van der Waals surface area contributed by atoms with Crippen LogP contribution in [0.1, 0.15) is 24.8 Å². The number of likely N-dealkylation sites (tertiary alicyclic amines) is 1. The maximum atomic E-state index is 11.7. The first-order valence-electron chi connectivity index (χ1n) is 6.06. The SMILES string of the molecule is CCOC(=O)[C@H]1CCCN(Cc2nnc(Cl)s2)C1. The average molecular weight is 290 g/mol. The Bertz CT molecular complexity index is 413. The third kappa shape index (κ3) is 3.63. The average Bonchev–Trinajstić information content (AvgIpc) is 2.75. The van der Waals surface area contributed by atoms with E-state index in [1.807, 2.05) is 6.92 Å². The van der Waals surface area contributed by atoms with Crippen LogP contribution in [0.4, 0.5) is 0 Å². The number of esters is 1. The van der Waals surface area contributed by atoms with Crippen LogP contribution in [0.25, 0.3) is 0 Å². The first-order chi connectivity index (χ1) is 8.69. The van der Waals surface area contributed by atoms with Gasteiger partial charge in [0.2, 0.25) is 4.47 Å². The van der Waals surface area contributed by atoms with Crippen molar-refractivity contribution in [1.29, 1.82) is 0 Å². The Labute approximate surface area is 115 Å². The fourth-order valence-corrected chi connectivity index (χ4v) is 3.05. The lowest BCUT2D eigenvalue weighted by Gasteiger charge is -2.30. The van der Waals surface area contributed by atoms with Crippen molar-refractivity contribution in [3.8, 4) is 0 Å². The number of halogens is 1. The molecule has 0 spiro atoms. The minimum atomic E-state index is -0.0857. The van der Waals surface area contributed by atoms with Crippen molar-refractivity contribution in [2.45, 2.75) is 26.3 Å². The summed E-state index contributed by atoms with van der Waals surface area (Å²) in [6.45, 7) is 4.70. The van der Waals surface area contributed by atoms with Crippen molar-refractivity contribution in [2.24, 2.45) is 5.92 Å². The fraction of sp³-hybridized carbons (Fsp3) is 0.727. The summed E-state index contributed by atoms with van der Waals surface area (Å²) in [6, 6.07) is 0. The zero-order chi connectivity index (χ0) is 13.0. The molecule has 5 nitrogen and oxygen atoms in total. The monoisotopic (exact) mass is 289 g/mol. The van der Waals surface area contributed by atoms with E-state index in [0.29, 0.717) is 17.6 Å². The molecule has 1 atom stereocenters. The van der Waals surface area contributed by atoms with Gasteiger partial charge in [-0.3, -0.25) is 9.69 Å². The molecule has 1 saturated heterocycles. The fourth-order valence-electron chi connectivity index (χ4n) is 2.14. The lowest BCUT2D eigenvalue weighted by atomic mass is 9.98. The first kappa shape index (κ1) is 13.7. The van der Waals surface area contributed by atoms with Gasteiger partial charge in [0.15, 0.2) is 0 Å². The summed E-state index contributed by atoms with van der Waals surface area (Å²) in [5.41, 5.74) is 0. The number of carbonyl (C=O) groups is 1. The van der Waals surface area contributed by atoms with Crippen molar-refractivity contribution in [3.63, 3.8) is 0 Å². The molecule has 1 aliphatic rings. The Kier molecular flexibility index (Phi) is 4.91. The highest BCUT2D eigenvalue weighted by molar-refractivity contribution is 7.15. The van der Waals surface area contributed by atoms with Crippen LogP contribution in [0.3, 0.4) is 0 Å². The van der Waals surface area contributed by atoms with Gasteiger partial charge in [-0.25, -0.2) is 0 Å². The molecule has 1 aromatic heterocycles. The molecule has 2 heterocycles. The Morgan fingerprint density at radius 1 is 1.61 bits per heavy atom. The summed E-state index contributed by atoms with van der Waals surface area (Å²) < 4.78 is 5.53. The second-order valence-electron chi connectivity index (χ2n) is 4.28. The molecule has 0 saturated carbocycles. The van der Waals surface area contributed by atoms with Crippen LogP contribution in [0.2, 0.25) is 4.47 Å². The number of carbonyl (C=O) groups excluding carboxylic acids is 1. The lowest BCUT2D eigenvalue weighted by molar-refractivity contribution is -0.150. The Morgan fingerprint density at radius 3 is 3.11 bits per heavy atom. The molecule has 1 aliphatic heterocycles. The van der Waals surface area contributed by atoms with E-state index in [1.54, 1.807) is 0 Å². The van der Waals surface area contributed by atoms with Gasteiger partial charge in [0.25, 0.3) is 0 Å². The van der Waals surface area contributed by atoms with Crippen molar-refractivity contribution in [3.05, 3.63) is 9.47 Å². The predicted molar refractivity (Wildman–Crippen MR) is 69.6 cm³/mol. The molecule has 0 bridgehead atoms. The number of piperidine rings is 1. The second kappa shape index (κ2) is 6.45. The van der Waals surface area contributed by atoms with Gasteiger partial charge in [0.1, 0.15) is 5.01 Å². The Morgan fingerprint density at radius 2 is 2.44 bits per heavy atom. The summed E-state index contributed by atoms with van der Waals surface area (Å²) >= 11 is 7.14. The van der Waals surface area contributed by atoms with Crippen LogP contribution in [0.5, 0.6) is 0 Å². The highest BCUT2D eigenvalue weighted by Gasteiger charge is 2.27. The van der Waals surface area contributed by atoms with Crippen molar-refractivity contribution in [1.82, 2.24) is 15.1 Å². The van der Waals surface area contributed by atoms with Gasteiger partial charge >= 0.3 is 5.97 Å². The van der Waals surface area contributed by atoms with E-state index < -0.39 is 0 Å². The van der Waals surface area contributed by atoms with Gasteiger partial charge in [0, 0.05) is 6.54 Å². The zero-order valence-electron chi connectivity index (χ0n) is 10.3. The molecule has 0 radical (unpaired) electrons. The summed E-state index contributed by atoms with van der Waals surface area (Å²) in [7, 11) is 0. The summed E-state index contributed by atoms with van der Waals surface area (Å²) in [5, 5.41) is 8.67. The van der Waals surface area contributed by atoms with E-state index in [0.717, 1.165) is 30.9 Å². The summed E-state index contributed by atoms with van der Waals surface area (Å²) in [6.07, 6.45) is 1.92. The molecule has 18 heavy (non-hydrogen) atoms. The van der Waals surface area contributed by atoms with Crippen molar-refractivity contribution in [2.75, 3.05) is 19.7 Å². The van der Waals surface area contributed by atoms with E-state index in [-0.39, 0.29) is 11.9 Å². The molecule has 0 unspecified atom stereocenters. The van der Waals surface area contributed by atoms with E-state index in [4.69, 9.17) is 16.3 Å². The molecule has 2 rings (SSSR count). The number of rotatable bonds is 4. The molecule has 0 N–H and O–H groups in total. The summed E-state index contributed by atoms with van der Waals surface area (Å²) in [5.74, 6) is -0.0976. The minimum Gasteiger partial charge on any atom is -0.466 e. The normalized spacial score (nSPS) is 20.9. The highest BCUT2D eigenvalue weighted by atomic mass is 35.5. The van der Waals surface area contributed by atoms with Crippen LogP contribution in [0.15, 0.2) is 0 Å². The van der Waals surface area contributed by atoms with Gasteiger partial charge in [0.05, 0.1) is 19.1 Å². The quantitative estimate of drug-likeness (QED) is 0.793. The molecule has 0 aliphatic carbocycles. The third-order valence-corrected chi connectivity index (χ3v) is 3.93. The standard InChI is InChI=1S/C11H16ClN3O2S/c1-2-17-10(16)8-4-3-5-15(6-8)7-9-13-14-11(12)18-9/h8H,2-7H2,1H3/t8-/m0/s1. The van der Waals surface area contributed by atoms with Crippen LogP contribution in [-0.4, -0.2) is 40.8 Å². The topological polar surface area (TPSA) is 55.3 Å².